The number of para-hydroxylation sites is 1. The van der Waals surface area contributed by atoms with E-state index in [9.17, 15) is 0 Å². The molecule has 2 rings (SSSR count). The van der Waals surface area contributed by atoms with Crippen LogP contribution >= 0.6 is 11.6 Å². The number of rotatable bonds is 6. The Bertz CT molecular complexity index is 616. The van der Waals surface area contributed by atoms with Crippen LogP contribution in [0.3, 0.4) is 0 Å². The average Bonchev–Trinajstić information content (AvgIpc) is 2.47. The van der Waals surface area contributed by atoms with Crippen molar-refractivity contribution in [1.29, 1.82) is 0 Å². The molecule has 2 aromatic rings. The standard InChI is InChI=1S/C16H20ClN3O/c1-4-7-14-19-15(17)11(2)16(20-14)18-13-9-6-5-8-12(13)10-21-3/h5-6,8-9H,4,7,10H2,1-3H3,(H,18,19,20). The Balaban J connectivity index is 2.34. The van der Waals surface area contributed by atoms with Crippen LogP contribution in [0.2, 0.25) is 5.15 Å². The van der Waals surface area contributed by atoms with E-state index in [-0.39, 0.29) is 0 Å². The van der Waals surface area contributed by atoms with Gasteiger partial charge in [0.2, 0.25) is 0 Å². The molecule has 4 nitrogen and oxygen atoms in total. The fourth-order valence-corrected chi connectivity index (χ4v) is 2.23. The predicted molar refractivity (Wildman–Crippen MR) is 86.2 cm³/mol. The molecule has 0 amide bonds. The Kier molecular flexibility index (Phi) is 5.53. The van der Waals surface area contributed by atoms with Crippen LogP contribution in [0.4, 0.5) is 11.5 Å². The molecular weight excluding hydrogens is 286 g/mol. The van der Waals surface area contributed by atoms with Gasteiger partial charge in [-0.2, -0.15) is 0 Å². The van der Waals surface area contributed by atoms with Crippen LogP contribution in [0.1, 0.15) is 30.3 Å². The van der Waals surface area contributed by atoms with Crippen LogP contribution in [0, 0.1) is 6.92 Å². The summed E-state index contributed by atoms with van der Waals surface area (Å²) in [5.41, 5.74) is 2.90. The summed E-state index contributed by atoms with van der Waals surface area (Å²) in [4.78, 5) is 8.89. The molecule has 0 bridgehead atoms. The summed E-state index contributed by atoms with van der Waals surface area (Å²) < 4.78 is 5.22. The summed E-state index contributed by atoms with van der Waals surface area (Å²) in [6.07, 6.45) is 1.80. The van der Waals surface area contributed by atoms with Crippen molar-refractivity contribution in [2.75, 3.05) is 12.4 Å². The Morgan fingerprint density at radius 2 is 2.00 bits per heavy atom. The number of methoxy groups -OCH3 is 1. The van der Waals surface area contributed by atoms with Crippen molar-refractivity contribution in [2.45, 2.75) is 33.3 Å². The molecule has 0 spiro atoms. The number of benzene rings is 1. The first-order valence-electron chi connectivity index (χ1n) is 7.02. The van der Waals surface area contributed by atoms with Crippen molar-refractivity contribution in [3.63, 3.8) is 0 Å². The zero-order valence-corrected chi connectivity index (χ0v) is 13.4. The third-order valence-corrected chi connectivity index (χ3v) is 3.54. The van der Waals surface area contributed by atoms with E-state index >= 15 is 0 Å². The highest BCUT2D eigenvalue weighted by Crippen LogP contribution is 2.26. The second-order valence-corrected chi connectivity index (χ2v) is 5.23. The molecule has 0 saturated heterocycles. The van der Waals surface area contributed by atoms with Gasteiger partial charge in [-0.3, -0.25) is 0 Å². The fraction of sp³-hybridized carbons (Fsp3) is 0.375. The van der Waals surface area contributed by atoms with Gasteiger partial charge in [-0.25, -0.2) is 9.97 Å². The lowest BCUT2D eigenvalue weighted by Crippen LogP contribution is -2.05. The lowest BCUT2D eigenvalue weighted by atomic mass is 10.2. The van der Waals surface area contributed by atoms with Crippen LogP contribution < -0.4 is 5.32 Å². The minimum Gasteiger partial charge on any atom is -0.380 e. The number of ether oxygens (including phenoxy) is 1. The Morgan fingerprint density at radius 3 is 2.71 bits per heavy atom. The molecule has 5 heteroatoms. The van der Waals surface area contributed by atoms with Gasteiger partial charge < -0.3 is 10.1 Å². The van der Waals surface area contributed by atoms with Gasteiger partial charge in [-0.05, 0) is 19.4 Å². The highest BCUT2D eigenvalue weighted by Gasteiger charge is 2.11. The first-order chi connectivity index (χ1) is 10.2. The summed E-state index contributed by atoms with van der Waals surface area (Å²) in [6, 6.07) is 7.99. The molecule has 0 unspecified atom stereocenters. The van der Waals surface area contributed by atoms with E-state index in [2.05, 4.69) is 22.2 Å². The summed E-state index contributed by atoms with van der Waals surface area (Å²) in [7, 11) is 1.68. The molecule has 0 aliphatic heterocycles. The molecule has 0 aliphatic rings. The van der Waals surface area contributed by atoms with E-state index in [0.29, 0.717) is 11.8 Å². The van der Waals surface area contributed by atoms with E-state index in [4.69, 9.17) is 16.3 Å². The number of anilines is 2. The van der Waals surface area contributed by atoms with Gasteiger partial charge >= 0.3 is 0 Å². The maximum absolute atomic E-state index is 6.21. The first-order valence-corrected chi connectivity index (χ1v) is 7.40. The molecule has 0 radical (unpaired) electrons. The van der Waals surface area contributed by atoms with E-state index in [1.54, 1.807) is 7.11 Å². The van der Waals surface area contributed by atoms with Crippen LogP contribution in [-0.2, 0) is 17.8 Å². The molecule has 0 fully saturated rings. The zero-order chi connectivity index (χ0) is 15.2. The van der Waals surface area contributed by atoms with Crippen LogP contribution in [-0.4, -0.2) is 17.1 Å². The number of nitrogens with one attached hydrogen (secondary N) is 1. The maximum atomic E-state index is 6.21. The SMILES string of the molecule is CCCc1nc(Cl)c(C)c(Nc2ccccc2COC)n1. The average molecular weight is 306 g/mol. The molecule has 1 aromatic carbocycles. The molecule has 1 heterocycles. The number of halogens is 1. The zero-order valence-electron chi connectivity index (χ0n) is 12.6. The number of hydrogen-bond acceptors (Lipinski definition) is 4. The molecule has 1 N–H and O–H groups in total. The Hall–Kier alpha value is -1.65. The number of hydrogen-bond donors (Lipinski definition) is 1. The van der Waals surface area contributed by atoms with Crippen molar-refractivity contribution in [3.05, 3.63) is 46.4 Å². The first kappa shape index (κ1) is 15.7. The van der Waals surface area contributed by atoms with Crippen molar-refractivity contribution < 1.29 is 4.74 Å². The molecule has 21 heavy (non-hydrogen) atoms. The summed E-state index contributed by atoms with van der Waals surface area (Å²) in [6.45, 7) is 4.56. The molecule has 0 aliphatic carbocycles. The minimum atomic E-state index is 0.500. The normalized spacial score (nSPS) is 10.7. The third-order valence-electron chi connectivity index (χ3n) is 3.18. The van der Waals surface area contributed by atoms with Gasteiger partial charge in [0.05, 0.1) is 6.61 Å². The molecule has 112 valence electrons. The van der Waals surface area contributed by atoms with Crippen molar-refractivity contribution in [3.8, 4) is 0 Å². The number of nitrogens with zero attached hydrogens (tertiary/aromatic N) is 2. The van der Waals surface area contributed by atoms with Gasteiger partial charge in [0, 0.05) is 30.3 Å². The second-order valence-electron chi connectivity index (χ2n) is 4.87. The smallest absolute Gasteiger partial charge is 0.138 e. The van der Waals surface area contributed by atoms with Gasteiger partial charge in [-0.15, -0.1) is 0 Å². The van der Waals surface area contributed by atoms with E-state index < -0.39 is 0 Å². The van der Waals surface area contributed by atoms with Gasteiger partial charge in [0.1, 0.15) is 16.8 Å². The van der Waals surface area contributed by atoms with Crippen LogP contribution in [0.5, 0.6) is 0 Å². The summed E-state index contributed by atoms with van der Waals surface area (Å²) in [5.74, 6) is 1.52. The summed E-state index contributed by atoms with van der Waals surface area (Å²) >= 11 is 6.21. The lowest BCUT2D eigenvalue weighted by molar-refractivity contribution is 0.185. The largest absolute Gasteiger partial charge is 0.380 e. The van der Waals surface area contributed by atoms with Gasteiger partial charge in [0.25, 0.3) is 0 Å². The topological polar surface area (TPSA) is 47.0 Å². The molecule has 1 aromatic heterocycles. The Morgan fingerprint density at radius 1 is 1.24 bits per heavy atom. The molecular formula is C16H20ClN3O. The predicted octanol–water partition coefficient (Wildman–Crippen LogP) is 4.28. The minimum absolute atomic E-state index is 0.500. The fourth-order valence-electron chi connectivity index (χ4n) is 2.04. The third kappa shape index (κ3) is 3.93. The summed E-state index contributed by atoms with van der Waals surface area (Å²) in [5, 5.41) is 3.85. The number of aromatic nitrogens is 2. The monoisotopic (exact) mass is 305 g/mol. The Labute approximate surface area is 130 Å². The van der Waals surface area contributed by atoms with Gasteiger partial charge in [0.15, 0.2) is 0 Å². The maximum Gasteiger partial charge on any atom is 0.138 e. The highest BCUT2D eigenvalue weighted by molar-refractivity contribution is 6.30. The number of aryl methyl sites for hydroxylation is 1. The van der Waals surface area contributed by atoms with Gasteiger partial charge in [-0.1, -0.05) is 36.7 Å². The van der Waals surface area contributed by atoms with E-state index in [1.165, 1.54) is 0 Å². The van der Waals surface area contributed by atoms with Crippen molar-refractivity contribution in [2.24, 2.45) is 0 Å². The van der Waals surface area contributed by atoms with Crippen molar-refractivity contribution in [1.82, 2.24) is 9.97 Å². The quantitative estimate of drug-likeness (QED) is 0.809. The van der Waals surface area contributed by atoms with Crippen LogP contribution in [0.25, 0.3) is 0 Å². The van der Waals surface area contributed by atoms with E-state index in [0.717, 1.165) is 41.3 Å². The van der Waals surface area contributed by atoms with Crippen LogP contribution in [0.15, 0.2) is 24.3 Å². The lowest BCUT2D eigenvalue weighted by Gasteiger charge is -2.14. The van der Waals surface area contributed by atoms with Crippen molar-refractivity contribution >= 4 is 23.1 Å². The highest BCUT2D eigenvalue weighted by atomic mass is 35.5. The second kappa shape index (κ2) is 7.38. The molecule has 0 atom stereocenters. The molecule has 0 saturated carbocycles. The van der Waals surface area contributed by atoms with E-state index in [1.807, 2.05) is 31.2 Å².